The molecule has 1 aliphatic carbocycles. The Morgan fingerprint density at radius 1 is 1.17 bits per heavy atom. The summed E-state index contributed by atoms with van der Waals surface area (Å²) < 4.78 is 7.05. The second-order valence-corrected chi connectivity index (χ2v) is 6.50. The first-order chi connectivity index (χ1) is 11.4. The molecule has 0 amide bonds. The van der Waals surface area contributed by atoms with Crippen LogP contribution in [0, 0.1) is 0 Å². The van der Waals surface area contributed by atoms with E-state index in [1.165, 1.54) is 16.8 Å². The highest BCUT2D eigenvalue weighted by molar-refractivity contribution is 6.59. The zero-order chi connectivity index (χ0) is 17.4. The highest BCUT2D eigenvalue weighted by Crippen LogP contribution is 2.37. The average molecular weight is 369 g/mol. The molecule has 0 fully saturated rings. The van der Waals surface area contributed by atoms with E-state index in [2.05, 4.69) is 5.10 Å². The van der Waals surface area contributed by atoms with Crippen LogP contribution in [0.25, 0.3) is 0 Å². The molecule has 1 aromatic carbocycles. The van der Waals surface area contributed by atoms with E-state index >= 15 is 0 Å². The van der Waals surface area contributed by atoms with Crippen LogP contribution in [0.4, 0.5) is 0 Å². The molecule has 2 N–H and O–H groups in total. The van der Waals surface area contributed by atoms with Gasteiger partial charge in [-0.05, 0) is 43.3 Å². The van der Waals surface area contributed by atoms with Crippen molar-refractivity contribution < 1.29 is 14.8 Å². The number of ether oxygens (including phenoxy) is 1. The molecule has 2 aromatic rings. The summed E-state index contributed by atoms with van der Waals surface area (Å²) in [6.45, 7) is 0. The molecule has 0 radical (unpaired) electrons. The number of aromatic nitrogens is 2. The second kappa shape index (κ2) is 6.76. The van der Waals surface area contributed by atoms with Gasteiger partial charge in [-0.3, -0.25) is 4.79 Å². The van der Waals surface area contributed by atoms with E-state index in [0.717, 1.165) is 18.4 Å². The van der Waals surface area contributed by atoms with Gasteiger partial charge in [0.2, 0.25) is 5.88 Å². The normalized spacial score (nSPS) is 13.5. The largest absolute Gasteiger partial charge is 0.488 e. The predicted octanol–water partition coefficient (Wildman–Crippen LogP) is 1.44. The molecule has 6 nitrogen and oxygen atoms in total. The van der Waals surface area contributed by atoms with Gasteiger partial charge in [-0.2, -0.15) is 0 Å². The van der Waals surface area contributed by atoms with Crippen LogP contribution >= 0.6 is 23.2 Å². The maximum Gasteiger partial charge on any atom is 0.488 e. The molecule has 0 aliphatic heterocycles. The molecule has 24 heavy (non-hydrogen) atoms. The van der Waals surface area contributed by atoms with Crippen molar-refractivity contribution in [3.63, 3.8) is 0 Å². The van der Waals surface area contributed by atoms with Crippen molar-refractivity contribution in [3.05, 3.63) is 43.7 Å². The van der Waals surface area contributed by atoms with Crippen LogP contribution in [0.5, 0.6) is 11.6 Å². The van der Waals surface area contributed by atoms with E-state index in [1.807, 2.05) is 0 Å². The van der Waals surface area contributed by atoms with E-state index in [-0.39, 0.29) is 26.8 Å². The summed E-state index contributed by atoms with van der Waals surface area (Å²) in [5.41, 5.74) is 1.53. The number of hydrogen-bond acceptors (Lipinski definition) is 5. The van der Waals surface area contributed by atoms with Gasteiger partial charge in [0.1, 0.15) is 0 Å². The monoisotopic (exact) mass is 368 g/mol. The lowest BCUT2D eigenvalue weighted by atomic mass is 9.80. The van der Waals surface area contributed by atoms with Gasteiger partial charge in [-0.25, -0.2) is 4.68 Å². The van der Waals surface area contributed by atoms with Gasteiger partial charge in [0.25, 0.3) is 5.56 Å². The summed E-state index contributed by atoms with van der Waals surface area (Å²) in [4.78, 5) is 12.2. The molecule has 1 aromatic heterocycles. The minimum atomic E-state index is -1.68. The van der Waals surface area contributed by atoms with Crippen molar-refractivity contribution >= 4 is 35.8 Å². The molecule has 0 atom stereocenters. The van der Waals surface area contributed by atoms with Crippen molar-refractivity contribution in [2.24, 2.45) is 7.05 Å². The maximum absolute atomic E-state index is 12.2. The summed E-state index contributed by atoms with van der Waals surface area (Å²) in [6, 6.07) is 2.73. The number of fused-ring (bicyclic) bond motifs is 1. The maximum atomic E-state index is 12.2. The number of nitrogens with zero attached hydrogens (tertiary/aromatic N) is 2. The fourth-order valence-electron chi connectivity index (χ4n) is 2.82. The molecule has 1 heterocycles. The van der Waals surface area contributed by atoms with Crippen LogP contribution in [0.2, 0.25) is 10.0 Å². The number of halogens is 2. The third-order valence-electron chi connectivity index (χ3n) is 4.04. The highest BCUT2D eigenvalue weighted by atomic mass is 35.5. The Hall–Kier alpha value is -1.54. The van der Waals surface area contributed by atoms with Crippen LogP contribution in [0.3, 0.4) is 0 Å². The molecule has 3 rings (SSSR count). The fraction of sp³-hybridized carbons (Fsp3) is 0.333. The number of aryl methyl sites for hydroxylation is 1. The third kappa shape index (κ3) is 3.17. The molecule has 126 valence electrons. The standard InChI is InChI=1S/C15H15BCl2N2O4/c1-20-15(21)10-5-3-2-4-9(10)14(19-20)24-13-11(17)6-8(16(22)23)7-12(13)18/h6-7,22-23H,2-5H2,1H3. The van der Waals surface area contributed by atoms with Gasteiger partial charge in [-0.15, -0.1) is 5.10 Å². The zero-order valence-electron chi connectivity index (χ0n) is 12.9. The van der Waals surface area contributed by atoms with Crippen LogP contribution in [-0.4, -0.2) is 26.9 Å². The third-order valence-corrected chi connectivity index (χ3v) is 4.60. The van der Waals surface area contributed by atoms with Crippen LogP contribution < -0.4 is 15.8 Å². The van der Waals surface area contributed by atoms with Crippen molar-refractivity contribution in [2.75, 3.05) is 0 Å². The Morgan fingerprint density at radius 2 is 1.75 bits per heavy atom. The Labute approximate surface area is 148 Å². The Morgan fingerprint density at radius 3 is 2.33 bits per heavy atom. The topological polar surface area (TPSA) is 84.6 Å². The first kappa shape index (κ1) is 17.3. The fourth-order valence-corrected chi connectivity index (χ4v) is 3.40. The molecule has 0 unspecified atom stereocenters. The van der Waals surface area contributed by atoms with Crippen molar-refractivity contribution in [1.82, 2.24) is 9.78 Å². The summed E-state index contributed by atoms with van der Waals surface area (Å²) in [7, 11) is -0.115. The Bertz CT molecular complexity index is 831. The van der Waals surface area contributed by atoms with Crippen molar-refractivity contribution in [1.29, 1.82) is 0 Å². The molecular formula is C15H15BCl2N2O4. The van der Waals surface area contributed by atoms with Crippen LogP contribution in [-0.2, 0) is 19.9 Å². The molecular weight excluding hydrogens is 354 g/mol. The van der Waals surface area contributed by atoms with Gasteiger partial charge in [0.05, 0.1) is 10.0 Å². The van der Waals surface area contributed by atoms with E-state index in [0.29, 0.717) is 24.3 Å². The average Bonchev–Trinajstić information content (AvgIpc) is 2.55. The number of rotatable bonds is 3. The summed E-state index contributed by atoms with van der Waals surface area (Å²) in [5, 5.41) is 22.9. The molecule has 0 bridgehead atoms. The van der Waals surface area contributed by atoms with E-state index in [9.17, 15) is 14.8 Å². The molecule has 9 heteroatoms. The van der Waals surface area contributed by atoms with Gasteiger partial charge in [-0.1, -0.05) is 23.2 Å². The lowest BCUT2D eigenvalue weighted by Gasteiger charge is -2.19. The van der Waals surface area contributed by atoms with Gasteiger partial charge < -0.3 is 14.8 Å². The van der Waals surface area contributed by atoms with Crippen LogP contribution in [0.1, 0.15) is 24.0 Å². The van der Waals surface area contributed by atoms with Crippen molar-refractivity contribution in [2.45, 2.75) is 25.7 Å². The van der Waals surface area contributed by atoms with Gasteiger partial charge in [0.15, 0.2) is 5.75 Å². The summed E-state index contributed by atoms with van der Waals surface area (Å²) >= 11 is 12.3. The number of benzene rings is 1. The number of hydrogen-bond donors (Lipinski definition) is 2. The van der Waals surface area contributed by atoms with E-state index < -0.39 is 7.12 Å². The molecule has 0 saturated carbocycles. The Kier molecular flexibility index (Phi) is 4.87. The summed E-state index contributed by atoms with van der Waals surface area (Å²) in [6.07, 6.45) is 3.31. The first-order valence-electron chi connectivity index (χ1n) is 7.50. The predicted molar refractivity (Wildman–Crippen MR) is 92.5 cm³/mol. The smallest absolute Gasteiger partial charge is 0.434 e. The minimum Gasteiger partial charge on any atom is -0.434 e. The minimum absolute atomic E-state index is 0.118. The molecule has 0 spiro atoms. The van der Waals surface area contributed by atoms with Crippen molar-refractivity contribution in [3.8, 4) is 11.6 Å². The molecule has 1 aliphatic rings. The first-order valence-corrected chi connectivity index (χ1v) is 8.26. The summed E-state index contributed by atoms with van der Waals surface area (Å²) in [5.74, 6) is 0.467. The molecule has 0 saturated heterocycles. The van der Waals surface area contributed by atoms with Crippen LogP contribution in [0.15, 0.2) is 16.9 Å². The van der Waals surface area contributed by atoms with Gasteiger partial charge >= 0.3 is 7.12 Å². The quantitative estimate of drug-likeness (QED) is 0.801. The highest BCUT2D eigenvalue weighted by Gasteiger charge is 2.23. The van der Waals surface area contributed by atoms with E-state index in [1.54, 1.807) is 7.05 Å². The zero-order valence-corrected chi connectivity index (χ0v) is 14.4. The van der Waals surface area contributed by atoms with Gasteiger partial charge in [0, 0.05) is 18.2 Å². The Balaban J connectivity index is 2.07. The SMILES string of the molecule is Cn1nc(Oc2c(Cl)cc(B(O)O)cc2Cl)c2c(c1=O)CCCC2. The van der Waals surface area contributed by atoms with E-state index in [4.69, 9.17) is 27.9 Å². The second-order valence-electron chi connectivity index (χ2n) is 5.69. The lowest BCUT2D eigenvalue weighted by molar-refractivity contribution is 0.423. The lowest BCUT2D eigenvalue weighted by Crippen LogP contribution is -2.30.